The Morgan fingerprint density at radius 2 is 2.11 bits per heavy atom. The van der Waals surface area contributed by atoms with Crippen molar-refractivity contribution in [3.8, 4) is 0 Å². The highest BCUT2D eigenvalue weighted by Gasteiger charge is 2.39. The van der Waals surface area contributed by atoms with Crippen molar-refractivity contribution in [2.75, 3.05) is 0 Å². The van der Waals surface area contributed by atoms with Gasteiger partial charge in [-0.3, -0.25) is 4.79 Å². The van der Waals surface area contributed by atoms with Crippen LogP contribution in [0.15, 0.2) is 35.8 Å². The Morgan fingerprint density at radius 1 is 1.42 bits per heavy atom. The van der Waals surface area contributed by atoms with Crippen molar-refractivity contribution < 1.29 is 8.98 Å². The molecular formula is C14H15NO2S2. The molecule has 1 atom stereocenters. The third-order valence-electron chi connectivity index (χ3n) is 3.18. The first-order valence-electron chi connectivity index (χ1n) is 5.88. The minimum absolute atomic E-state index is 0.355. The number of benzene rings is 1. The van der Waals surface area contributed by atoms with Crippen LogP contribution in [-0.2, 0) is 20.8 Å². The summed E-state index contributed by atoms with van der Waals surface area (Å²) in [5, 5.41) is 0. The van der Waals surface area contributed by atoms with E-state index in [4.69, 9.17) is 4.18 Å². The number of carbonyl (C=O) groups is 1. The van der Waals surface area contributed by atoms with Crippen LogP contribution in [-0.4, -0.2) is 11.0 Å². The van der Waals surface area contributed by atoms with E-state index in [-0.39, 0.29) is 5.97 Å². The summed E-state index contributed by atoms with van der Waals surface area (Å²) in [6, 6.07) is 9.87. The molecule has 0 amide bonds. The van der Waals surface area contributed by atoms with Crippen molar-refractivity contribution in [1.29, 1.82) is 0 Å². The van der Waals surface area contributed by atoms with E-state index < -0.39 is 5.41 Å². The molecule has 0 aliphatic heterocycles. The van der Waals surface area contributed by atoms with Crippen LogP contribution in [0.25, 0.3) is 0 Å². The number of hydrogen-bond donors (Lipinski definition) is 1. The molecule has 5 heteroatoms. The number of rotatable bonds is 4. The molecule has 0 aliphatic rings. The fourth-order valence-corrected chi connectivity index (χ4v) is 3.34. The second kappa shape index (κ2) is 5.75. The van der Waals surface area contributed by atoms with Crippen LogP contribution in [0.3, 0.4) is 0 Å². The predicted octanol–water partition coefficient (Wildman–Crippen LogP) is 3.34. The average molecular weight is 293 g/mol. The number of aryl methyl sites for hydroxylation is 1. The van der Waals surface area contributed by atoms with Crippen LogP contribution in [0.5, 0.6) is 0 Å². The van der Waals surface area contributed by atoms with E-state index >= 15 is 0 Å². The van der Waals surface area contributed by atoms with Gasteiger partial charge in [0.05, 0.1) is 11.2 Å². The van der Waals surface area contributed by atoms with Crippen molar-refractivity contribution >= 4 is 30.2 Å². The molecule has 1 aromatic carbocycles. The first-order valence-corrected chi connectivity index (χ1v) is 7.13. The predicted molar refractivity (Wildman–Crippen MR) is 79.4 cm³/mol. The van der Waals surface area contributed by atoms with Crippen LogP contribution in [0.2, 0.25) is 0 Å². The van der Waals surface area contributed by atoms with E-state index in [0.717, 1.165) is 16.1 Å². The molecule has 0 radical (unpaired) electrons. The van der Waals surface area contributed by atoms with Gasteiger partial charge < -0.3 is 4.18 Å². The van der Waals surface area contributed by atoms with Crippen LogP contribution in [0.1, 0.15) is 23.1 Å². The fraction of sp³-hybridized carbons (Fsp3) is 0.286. The van der Waals surface area contributed by atoms with Gasteiger partial charge in [-0.1, -0.05) is 30.3 Å². The Morgan fingerprint density at radius 3 is 2.63 bits per heavy atom. The molecule has 1 aromatic heterocycles. The van der Waals surface area contributed by atoms with E-state index in [2.05, 4.69) is 17.9 Å². The maximum atomic E-state index is 12.2. The summed E-state index contributed by atoms with van der Waals surface area (Å²) in [5.41, 5.74) is 2.94. The van der Waals surface area contributed by atoms with Crippen molar-refractivity contribution in [3.63, 3.8) is 0 Å². The molecule has 0 aliphatic carbocycles. The van der Waals surface area contributed by atoms with Gasteiger partial charge >= 0.3 is 5.97 Å². The molecule has 0 bridgehead atoms. The third kappa shape index (κ3) is 2.82. The third-order valence-corrected chi connectivity index (χ3v) is 4.54. The highest BCUT2D eigenvalue weighted by molar-refractivity contribution is 7.75. The Hall–Kier alpha value is -1.33. The normalized spacial score (nSPS) is 13.8. The Balaban J connectivity index is 2.42. The zero-order valence-electron chi connectivity index (χ0n) is 10.8. The molecule has 2 aromatic rings. The summed E-state index contributed by atoms with van der Waals surface area (Å²) < 4.78 is 4.70. The molecular weight excluding hydrogens is 278 g/mol. The number of aromatic nitrogens is 1. The van der Waals surface area contributed by atoms with E-state index in [9.17, 15) is 4.79 Å². The van der Waals surface area contributed by atoms with E-state index in [1.807, 2.05) is 44.2 Å². The van der Waals surface area contributed by atoms with Gasteiger partial charge in [-0.25, -0.2) is 4.98 Å². The van der Waals surface area contributed by atoms with Gasteiger partial charge in [-0.15, -0.1) is 11.3 Å². The zero-order valence-corrected chi connectivity index (χ0v) is 12.5. The first kappa shape index (κ1) is 14.1. The number of carbonyl (C=O) groups excluding carboxylic acids is 1. The molecule has 19 heavy (non-hydrogen) atoms. The fourth-order valence-electron chi connectivity index (χ4n) is 2.18. The lowest BCUT2D eigenvalue weighted by molar-refractivity contribution is -0.138. The Labute approximate surface area is 122 Å². The van der Waals surface area contributed by atoms with Gasteiger partial charge in [0, 0.05) is 17.8 Å². The van der Waals surface area contributed by atoms with Crippen LogP contribution < -0.4 is 0 Å². The van der Waals surface area contributed by atoms with Gasteiger partial charge in [0.15, 0.2) is 0 Å². The van der Waals surface area contributed by atoms with E-state index in [0.29, 0.717) is 6.42 Å². The summed E-state index contributed by atoms with van der Waals surface area (Å²) in [6.07, 6.45) is 0.566. The monoisotopic (exact) mass is 293 g/mol. The Kier molecular flexibility index (Phi) is 4.27. The van der Waals surface area contributed by atoms with Crippen LogP contribution in [0.4, 0.5) is 0 Å². The van der Waals surface area contributed by atoms with Crippen molar-refractivity contribution in [3.05, 3.63) is 52.0 Å². The summed E-state index contributed by atoms with van der Waals surface area (Å²) in [4.78, 5) is 17.3. The topological polar surface area (TPSA) is 39.2 Å². The summed E-state index contributed by atoms with van der Waals surface area (Å²) >= 11 is 5.15. The average Bonchev–Trinajstić information content (AvgIpc) is 2.85. The van der Waals surface area contributed by atoms with Gasteiger partial charge in [0.1, 0.15) is 5.41 Å². The lowest BCUT2D eigenvalue weighted by Gasteiger charge is -2.25. The minimum Gasteiger partial charge on any atom is -0.394 e. The second-order valence-corrected chi connectivity index (χ2v) is 5.68. The van der Waals surface area contributed by atoms with Gasteiger partial charge in [-0.2, -0.15) is 0 Å². The number of hydrogen-bond acceptors (Lipinski definition) is 5. The minimum atomic E-state index is -0.756. The molecule has 0 saturated carbocycles. The second-order valence-electron chi connectivity index (χ2n) is 4.64. The van der Waals surface area contributed by atoms with E-state index in [1.165, 1.54) is 11.3 Å². The molecule has 0 fully saturated rings. The Bertz CT molecular complexity index is 568. The molecule has 0 saturated heterocycles. The molecule has 2 rings (SSSR count). The van der Waals surface area contributed by atoms with Gasteiger partial charge in [0.25, 0.3) is 0 Å². The maximum Gasteiger partial charge on any atom is 0.329 e. The van der Waals surface area contributed by atoms with Crippen molar-refractivity contribution in [2.45, 2.75) is 25.7 Å². The molecule has 1 heterocycles. The molecule has 100 valence electrons. The zero-order chi connectivity index (χ0) is 13.9. The maximum absolute atomic E-state index is 12.2. The summed E-state index contributed by atoms with van der Waals surface area (Å²) in [5.74, 6) is -0.355. The van der Waals surface area contributed by atoms with Crippen molar-refractivity contribution in [2.24, 2.45) is 0 Å². The molecule has 1 unspecified atom stereocenters. The lowest BCUT2D eigenvalue weighted by atomic mass is 9.81. The van der Waals surface area contributed by atoms with E-state index in [1.54, 1.807) is 5.51 Å². The molecule has 0 N–H and O–H groups in total. The standard InChI is InChI=1S/C14H15NO2S2/c1-10-12(19-9-15-10)14(2,13(16)17-18)8-11-6-4-3-5-7-11/h3-7,9,18H,8H2,1-2H3. The lowest BCUT2D eigenvalue weighted by Crippen LogP contribution is -2.35. The molecule has 0 spiro atoms. The largest absolute Gasteiger partial charge is 0.394 e. The molecule has 3 nitrogen and oxygen atoms in total. The highest BCUT2D eigenvalue weighted by Crippen LogP contribution is 2.34. The number of thiol groups is 1. The number of thiazole rings is 1. The van der Waals surface area contributed by atoms with Gasteiger partial charge in [-0.05, 0) is 25.8 Å². The quantitative estimate of drug-likeness (QED) is 0.694. The summed E-state index contributed by atoms with van der Waals surface area (Å²) in [6.45, 7) is 3.78. The highest BCUT2D eigenvalue weighted by atomic mass is 32.1. The van der Waals surface area contributed by atoms with Gasteiger partial charge in [0.2, 0.25) is 0 Å². The SMILES string of the molecule is Cc1ncsc1C(C)(Cc1ccccc1)C(=O)OS. The van der Waals surface area contributed by atoms with Crippen LogP contribution in [0, 0.1) is 6.92 Å². The smallest absolute Gasteiger partial charge is 0.329 e. The van der Waals surface area contributed by atoms with Crippen LogP contribution >= 0.6 is 24.2 Å². The first-order chi connectivity index (χ1) is 9.08. The summed E-state index contributed by atoms with van der Waals surface area (Å²) in [7, 11) is 0. The van der Waals surface area contributed by atoms with Crippen molar-refractivity contribution in [1.82, 2.24) is 4.98 Å². The number of nitrogens with zero attached hydrogens (tertiary/aromatic N) is 1.